The molecule has 8 nitrogen and oxygen atoms in total. The van der Waals surface area contributed by atoms with E-state index in [1.807, 2.05) is 36.5 Å². The van der Waals surface area contributed by atoms with E-state index in [-0.39, 0.29) is 18.7 Å². The molecule has 31 heavy (non-hydrogen) atoms. The zero-order chi connectivity index (χ0) is 21.8. The van der Waals surface area contributed by atoms with Gasteiger partial charge in [0.05, 0.1) is 6.20 Å². The first-order valence-electron chi connectivity index (χ1n) is 10.7. The van der Waals surface area contributed by atoms with Gasteiger partial charge in [0.25, 0.3) is 0 Å². The molecule has 1 aromatic carbocycles. The molecule has 1 saturated heterocycles. The largest absolute Gasteiger partial charge is 0.445 e. The summed E-state index contributed by atoms with van der Waals surface area (Å²) < 4.78 is 6.91. The maximum Gasteiger partial charge on any atom is 0.407 e. The van der Waals surface area contributed by atoms with E-state index < -0.39 is 0 Å². The molecule has 1 aliphatic rings. The van der Waals surface area contributed by atoms with E-state index in [1.54, 1.807) is 4.52 Å². The van der Waals surface area contributed by atoms with Crippen LogP contribution in [0.25, 0.3) is 5.65 Å². The minimum Gasteiger partial charge on any atom is -0.445 e. The SMILES string of the molecule is CCC(C)c1cnn2c(Cl)nc(N3CCC(NC(=O)OCc4ccccc4)CC3)nc12. The normalized spacial score (nSPS) is 15.8. The Balaban J connectivity index is 1.35. The number of alkyl carbamates (subject to hydrolysis) is 1. The van der Waals surface area contributed by atoms with Crippen molar-refractivity contribution in [2.45, 2.75) is 51.7 Å². The topological polar surface area (TPSA) is 84.7 Å². The number of benzene rings is 1. The molecule has 1 unspecified atom stereocenters. The van der Waals surface area contributed by atoms with E-state index in [2.05, 4.69) is 34.1 Å². The third-order valence-electron chi connectivity index (χ3n) is 5.80. The van der Waals surface area contributed by atoms with E-state index in [9.17, 15) is 4.79 Å². The molecule has 1 atom stereocenters. The van der Waals surface area contributed by atoms with Crippen LogP contribution in [0.5, 0.6) is 0 Å². The number of carbonyl (C=O) groups excluding carboxylic acids is 1. The predicted molar refractivity (Wildman–Crippen MR) is 119 cm³/mol. The van der Waals surface area contributed by atoms with Crippen LogP contribution in [0.15, 0.2) is 36.5 Å². The summed E-state index contributed by atoms with van der Waals surface area (Å²) in [6.07, 6.45) is 4.00. The second-order valence-electron chi connectivity index (χ2n) is 7.90. The number of hydrogen-bond donors (Lipinski definition) is 1. The van der Waals surface area contributed by atoms with Crippen molar-refractivity contribution in [3.63, 3.8) is 0 Å². The molecule has 164 valence electrons. The number of ether oxygens (including phenoxy) is 1. The second-order valence-corrected chi connectivity index (χ2v) is 8.24. The summed E-state index contributed by atoms with van der Waals surface area (Å²) in [5, 5.41) is 7.60. The van der Waals surface area contributed by atoms with E-state index >= 15 is 0 Å². The van der Waals surface area contributed by atoms with Gasteiger partial charge in [0.2, 0.25) is 11.2 Å². The Kier molecular flexibility index (Phi) is 6.56. The summed E-state index contributed by atoms with van der Waals surface area (Å²) in [5.74, 6) is 0.945. The van der Waals surface area contributed by atoms with Crippen LogP contribution in [0.2, 0.25) is 5.28 Å². The number of piperidine rings is 1. The molecule has 0 bridgehead atoms. The third-order valence-corrected chi connectivity index (χ3v) is 6.04. The van der Waals surface area contributed by atoms with Gasteiger partial charge in [-0.15, -0.1) is 0 Å². The first kappa shape index (κ1) is 21.4. The maximum absolute atomic E-state index is 12.1. The summed E-state index contributed by atoms with van der Waals surface area (Å²) in [7, 11) is 0. The first-order valence-corrected chi connectivity index (χ1v) is 11.1. The molecule has 1 aliphatic heterocycles. The molecule has 1 fully saturated rings. The first-order chi connectivity index (χ1) is 15.0. The van der Waals surface area contributed by atoms with Crippen LogP contribution in [0.1, 0.15) is 50.2 Å². The summed E-state index contributed by atoms with van der Waals surface area (Å²) in [6, 6.07) is 9.71. The number of carbonyl (C=O) groups is 1. The van der Waals surface area contributed by atoms with Crippen LogP contribution in [0, 0.1) is 0 Å². The molecule has 1 amide bonds. The zero-order valence-electron chi connectivity index (χ0n) is 17.8. The molecule has 2 aromatic heterocycles. The Labute approximate surface area is 186 Å². The number of amides is 1. The summed E-state index contributed by atoms with van der Waals surface area (Å²) >= 11 is 6.37. The molecule has 0 radical (unpaired) electrons. The van der Waals surface area contributed by atoms with Gasteiger partial charge >= 0.3 is 6.09 Å². The van der Waals surface area contributed by atoms with Crippen molar-refractivity contribution in [1.29, 1.82) is 0 Å². The van der Waals surface area contributed by atoms with Gasteiger partial charge < -0.3 is 15.0 Å². The molecule has 3 aromatic rings. The van der Waals surface area contributed by atoms with E-state index in [0.29, 0.717) is 17.1 Å². The van der Waals surface area contributed by atoms with Gasteiger partial charge in [0, 0.05) is 24.7 Å². The van der Waals surface area contributed by atoms with Crippen LogP contribution in [0.3, 0.4) is 0 Å². The molecular weight excluding hydrogens is 416 g/mol. The van der Waals surface area contributed by atoms with Crippen molar-refractivity contribution in [2.75, 3.05) is 18.0 Å². The van der Waals surface area contributed by atoms with Crippen molar-refractivity contribution in [1.82, 2.24) is 24.9 Å². The van der Waals surface area contributed by atoms with Crippen LogP contribution >= 0.6 is 11.6 Å². The van der Waals surface area contributed by atoms with E-state index in [4.69, 9.17) is 21.3 Å². The molecular formula is C22H27ClN6O2. The van der Waals surface area contributed by atoms with E-state index in [0.717, 1.165) is 49.1 Å². The fourth-order valence-electron chi connectivity index (χ4n) is 3.72. The fraction of sp³-hybridized carbons (Fsp3) is 0.455. The van der Waals surface area contributed by atoms with Gasteiger partial charge in [-0.3, -0.25) is 0 Å². The third kappa shape index (κ3) is 4.90. The van der Waals surface area contributed by atoms with Crippen LogP contribution in [0.4, 0.5) is 10.7 Å². The average Bonchev–Trinajstić information content (AvgIpc) is 3.23. The lowest BCUT2D eigenvalue weighted by molar-refractivity contribution is 0.134. The van der Waals surface area contributed by atoms with Gasteiger partial charge in [-0.05, 0) is 42.3 Å². The Bertz CT molecular complexity index is 1030. The zero-order valence-corrected chi connectivity index (χ0v) is 18.5. The Morgan fingerprint density at radius 1 is 1.26 bits per heavy atom. The maximum atomic E-state index is 12.1. The Hall–Kier alpha value is -2.87. The monoisotopic (exact) mass is 442 g/mol. The van der Waals surface area contributed by atoms with Crippen molar-refractivity contribution in [3.05, 3.63) is 52.9 Å². The Morgan fingerprint density at radius 3 is 2.71 bits per heavy atom. The van der Waals surface area contributed by atoms with E-state index in [1.165, 1.54) is 0 Å². The highest BCUT2D eigenvalue weighted by Crippen LogP contribution is 2.26. The van der Waals surface area contributed by atoms with Crippen molar-refractivity contribution < 1.29 is 9.53 Å². The van der Waals surface area contributed by atoms with Crippen molar-refractivity contribution in [3.8, 4) is 0 Å². The van der Waals surface area contributed by atoms with Crippen molar-refractivity contribution >= 4 is 29.3 Å². The molecule has 4 rings (SSSR count). The smallest absolute Gasteiger partial charge is 0.407 e. The molecule has 3 heterocycles. The highest BCUT2D eigenvalue weighted by Gasteiger charge is 2.24. The standard InChI is InChI=1S/C22H27ClN6O2/c1-3-15(2)18-13-24-29-19(18)26-21(27-20(29)23)28-11-9-17(10-12-28)25-22(30)31-14-16-7-5-4-6-8-16/h4-8,13,15,17H,3,9-12,14H2,1-2H3,(H,25,30). The number of rotatable bonds is 6. The number of aromatic nitrogens is 4. The van der Waals surface area contributed by atoms with Gasteiger partial charge in [-0.2, -0.15) is 19.6 Å². The average molecular weight is 443 g/mol. The van der Waals surface area contributed by atoms with Crippen LogP contribution < -0.4 is 10.2 Å². The van der Waals surface area contributed by atoms with Gasteiger partial charge in [-0.1, -0.05) is 44.2 Å². The minimum atomic E-state index is -0.388. The number of anilines is 1. The lowest BCUT2D eigenvalue weighted by Crippen LogP contribution is -2.45. The second kappa shape index (κ2) is 9.51. The molecule has 0 saturated carbocycles. The fourth-order valence-corrected chi connectivity index (χ4v) is 3.91. The molecule has 1 N–H and O–H groups in total. The Morgan fingerprint density at radius 2 is 2.00 bits per heavy atom. The molecule has 9 heteroatoms. The number of fused-ring (bicyclic) bond motifs is 1. The lowest BCUT2D eigenvalue weighted by Gasteiger charge is -2.32. The predicted octanol–water partition coefficient (Wildman–Crippen LogP) is 4.19. The molecule has 0 spiro atoms. The number of nitrogens with one attached hydrogen (secondary N) is 1. The molecule has 0 aliphatic carbocycles. The van der Waals surface area contributed by atoms with Crippen LogP contribution in [-0.4, -0.2) is 44.8 Å². The van der Waals surface area contributed by atoms with Crippen LogP contribution in [-0.2, 0) is 11.3 Å². The number of halogens is 1. The van der Waals surface area contributed by atoms with Crippen molar-refractivity contribution in [2.24, 2.45) is 0 Å². The summed E-state index contributed by atoms with van der Waals surface area (Å²) in [6.45, 7) is 6.01. The highest BCUT2D eigenvalue weighted by molar-refractivity contribution is 6.28. The highest BCUT2D eigenvalue weighted by atomic mass is 35.5. The van der Waals surface area contributed by atoms with Gasteiger partial charge in [-0.25, -0.2) is 4.79 Å². The number of nitrogens with zero attached hydrogens (tertiary/aromatic N) is 5. The summed E-state index contributed by atoms with van der Waals surface area (Å²) in [5.41, 5.74) is 2.80. The van der Waals surface area contributed by atoms with Gasteiger partial charge in [0.15, 0.2) is 5.65 Å². The van der Waals surface area contributed by atoms with Gasteiger partial charge in [0.1, 0.15) is 6.61 Å². The minimum absolute atomic E-state index is 0.0596. The number of hydrogen-bond acceptors (Lipinski definition) is 6. The summed E-state index contributed by atoms with van der Waals surface area (Å²) in [4.78, 5) is 23.4. The lowest BCUT2D eigenvalue weighted by atomic mass is 10.0. The quantitative estimate of drug-likeness (QED) is 0.616.